The maximum Gasteiger partial charge on any atom is 0.255 e. The molecule has 1 fully saturated rings. The van der Waals surface area contributed by atoms with E-state index < -0.39 is 6.10 Å². The SMILES string of the molecule is Cl.O=C(NC[C@@H]1CCNC[C@@H]1O)c1cc(Cl)cc2c1OCC2. The summed E-state index contributed by atoms with van der Waals surface area (Å²) in [5, 5.41) is 16.5. The third kappa shape index (κ3) is 3.66. The molecule has 0 bridgehead atoms. The largest absolute Gasteiger partial charge is 0.492 e. The molecule has 0 aromatic heterocycles. The maximum absolute atomic E-state index is 12.4. The van der Waals surface area contributed by atoms with Crippen molar-refractivity contribution in [2.45, 2.75) is 18.9 Å². The number of carbonyl (C=O) groups is 1. The van der Waals surface area contributed by atoms with Gasteiger partial charge in [0.2, 0.25) is 0 Å². The number of aliphatic hydroxyl groups excluding tert-OH is 1. The molecule has 22 heavy (non-hydrogen) atoms. The number of benzene rings is 1. The van der Waals surface area contributed by atoms with Crippen molar-refractivity contribution in [1.29, 1.82) is 0 Å². The van der Waals surface area contributed by atoms with Gasteiger partial charge in [-0.15, -0.1) is 12.4 Å². The monoisotopic (exact) mass is 346 g/mol. The Labute approximate surface area is 140 Å². The molecule has 122 valence electrons. The molecule has 1 aromatic carbocycles. The second-order valence-corrected chi connectivity index (χ2v) is 6.01. The van der Waals surface area contributed by atoms with E-state index >= 15 is 0 Å². The number of rotatable bonds is 3. The number of β-amino-alcohol motifs (C(OH)–C–C–N with tert-alkyl or cyclic N) is 1. The zero-order chi connectivity index (χ0) is 14.8. The second-order valence-electron chi connectivity index (χ2n) is 5.57. The van der Waals surface area contributed by atoms with Crippen molar-refractivity contribution < 1.29 is 14.6 Å². The number of nitrogens with one attached hydrogen (secondary N) is 2. The van der Waals surface area contributed by atoms with Gasteiger partial charge < -0.3 is 20.5 Å². The summed E-state index contributed by atoms with van der Waals surface area (Å²) in [4.78, 5) is 12.4. The number of carbonyl (C=O) groups excluding carboxylic acids is 1. The highest BCUT2D eigenvalue weighted by molar-refractivity contribution is 6.31. The summed E-state index contributed by atoms with van der Waals surface area (Å²) in [5.41, 5.74) is 1.47. The van der Waals surface area contributed by atoms with E-state index in [0.717, 1.165) is 24.9 Å². The van der Waals surface area contributed by atoms with Crippen molar-refractivity contribution in [3.05, 3.63) is 28.3 Å². The van der Waals surface area contributed by atoms with Crippen LogP contribution in [-0.2, 0) is 6.42 Å². The molecule has 2 atom stereocenters. The molecular formula is C15H20Cl2N2O3. The zero-order valence-electron chi connectivity index (χ0n) is 12.1. The molecule has 3 rings (SSSR count). The average Bonchev–Trinajstić information content (AvgIpc) is 2.93. The topological polar surface area (TPSA) is 70.6 Å². The van der Waals surface area contributed by atoms with E-state index in [4.69, 9.17) is 16.3 Å². The molecular weight excluding hydrogens is 327 g/mol. The summed E-state index contributed by atoms with van der Waals surface area (Å²) in [7, 11) is 0. The van der Waals surface area contributed by atoms with Crippen LogP contribution in [-0.4, -0.2) is 43.4 Å². The highest BCUT2D eigenvalue weighted by Gasteiger charge is 2.25. The molecule has 1 saturated heterocycles. The van der Waals surface area contributed by atoms with Crippen molar-refractivity contribution in [3.8, 4) is 5.75 Å². The lowest BCUT2D eigenvalue weighted by Gasteiger charge is -2.28. The minimum absolute atomic E-state index is 0. The van der Waals surface area contributed by atoms with Crippen LogP contribution < -0.4 is 15.4 Å². The summed E-state index contributed by atoms with van der Waals surface area (Å²) in [5.74, 6) is 0.535. The third-order valence-corrected chi connectivity index (χ3v) is 4.33. The standard InChI is InChI=1S/C15H19ClN2O3.ClH/c16-11-5-9-2-4-21-14(9)12(6-11)15(20)18-7-10-1-3-17-8-13(10)19;/h5-6,10,13,17,19H,1-4,7-8H2,(H,18,20);1H/t10-,13-;/m0./s1. The van der Waals surface area contributed by atoms with Crippen molar-refractivity contribution in [2.24, 2.45) is 5.92 Å². The van der Waals surface area contributed by atoms with Crippen molar-refractivity contribution in [1.82, 2.24) is 10.6 Å². The van der Waals surface area contributed by atoms with Crippen molar-refractivity contribution in [3.63, 3.8) is 0 Å². The maximum atomic E-state index is 12.4. The lowest BCUT2D eigenvalue weighted by atomic mass is 9.95. The van der Waals surface area contributed by atoms with Gasteiger partial charge in [0, 0.05) is 30.5 Å². The molecule has 0 spiro atoms. The van der Waals surface area contributed by atoms with Gasteiger partial charge in [0.25, 0.3) is 5.91 Å². The number of halogens is 2. The Hall–Kier alpha value is -1.01. The predicted molar refractivity (Wildman–Crippen MR) is 87.2 cm³/mol. The summed E-state index contributed by atoms with van der Waals surface area (Å²) >= 11 is 6.06. The minimum Gasteiger partial charge on any atom is -0.492 e. The quantitative estimate of drug-likeness (QED) is 0.773. The molecule has 1 aromatic rings. The van der Waals surface area contributed by atoms with Crippen LogP contribution >= 0.6 is 24.0 Å². The average molecular weight is 347 g/mol. The molecule has 5 nitrogen and oxygen atoms in total. The van der Waals surface area contributed by atoms with Crippen molar-refractivity contribution >= 4 is 29.9 Å². The Bertz CT molecular complexity index is 554. The summed E-state index contributed by atoms with van der Waals surface area (Å²) < 4.78 is 5.54. The van der Waals surface area contributed by atoms with Crippen LogP contribution in [0.15, 0.2) is 12.1 Å². The first-order chi connectivity index (χ1) is 10.1. The Morgan fingerprint density at radius 3 is 3.09 bits per heavy atom. The molecule has 0 aliphatic carbocycles. The number of aliphatic hydroxyl groups is 1. The van der Waals surface area contributed by atoms with Gasteiger partial charge in [0.1, 0.15) is 5.75 Å². The third-order valence-electron chi connectivity index (χ3n) is 4.11. The molecule has 0 radical (unpaired) electrons. The fourth-order valence-corrected chi connectivity index (χ4v) is 3.13. The molecule has 2 aliphatic heterocycles. The normalized spacial score (nSPS) is 23.2. The lowest BCUT2D eigenvalue weighted by Crippen LogP contribution is -2.45. The van der Waals surface area contributed by atoms with Gasteiger partial charge in [-0.25, -0.2) is 0 Å². The summed E-state index contributed by atoms with van der Waals surface area (Å²) in [6.45, 7) is 2.50. The van der Waals surface area contributed by atoms with Crippen LogP contribution in [0.2, 0.25) is 5.02 Å². The van der Waals surface area contributed by atoms with E-state index in [2.05, 4.69) is 10.6 Å². The number of piperidine rings is 1. The first-order valence-electron chi connectivity index (χ1n) is 7.27. The van der Waals surface area contributed by atoms with Gasteiger partial charge in [-0.2, -0.15) is 0 Å². The number of hydrogen-bond acceptors (Lipinski definition) is 4. The fraction of sp³-hybridized carbons (Fsp3) is 0.533. The lowest BCUT2D eigenvalue weighted by molar-refractivity contribution is 0.0752. The van der Waals surface area contributed by atoms with Crippen LogP contribution in [0.1, 0.15) is 22.3 Å². The molecule has 0 saturated carbocycles. The van der Waals surface area contributed by atoms with E-state index in [9.17, 15) is 9.90 Å². The summed E-state index contributed by atoms with van der Waals surface area (Å²) in [6.07, 6.45) is 1.22. The van der Waals surface area contributed by atoms with Gasteiger partial charge >= 0.3 is 0 Å². The molecule has 0 unspecified atom stereocenters. The van der Waals surface area contributed by atoms with Crippen LogP contribution in [0, 0.1) is 5.92 Å². The minimum atomic E-state index is -0.416. The second kappa shape index (κ2) is 7.51. The Balaban J connectivity index is 0.00000176. The first kappa shape index (κ1) is 17.3. The van der Waals surface area contributed by atoms with Gasteiger partial charge in [0.15, 0.2) is 0 Å². The number of ether oxygens (including phenoxy) is 1. The number of hydrogen-bond donors (Lipinski definition) is 3. The number of fused-ring (bicyclic) bond motifs is 1. The fourth-order valence-electron chi connectivity index (χ4n) is 2.89. The van der Waals surface area contributed by atoms with Gasteiger partial charge in [-0.1, -0.05) is 11.6 Å². The van der Waals surface area contributed by atoms with E-state index in [1.165, 1.54) is 0 Å². The van der Waals surface area contributed by atoms with Gasteiger partial charge in [-0.05, 0) is 30.7 Å². The van der Waals surface area contributed by atoms with Crippen LogP contribution in [0.4, 0.5) is 0 Å². The highest BCUT2D eigenvalue weighted by Crippen LogP contribution is 2.32. The van der Waals surface area contributed by atoms with Gasteiger partial charge in [0.05, 0.1) is 18.3 Å². The van der Waals surface area contributed by atoms with E-state index in [-0.39, 0.29) is 24.2 Å². The van der Waals surface area contributed by atoms with Crippen molar-refractivity contribution in [2.75, 3.05) is 26.2 Å². The Morgan fingerprint density at radius 1 is 1.50 bits per heavy atom. The Kier molecular flexibility index (Phi) is 5.92. The summed E-state index contributed by atoms with van der Waals surface area (Å²) in [6, 6.07) is 3.48. The molecule has 2 heterocycles. The highest BCUT2D eigenvalue weighted by atomic mass is 35.5. The molecule has 3 N–H and O–H groups in total. The van der Waals surface area contributed by atoms with Gasteiger partial charge in [-0.3, -0.25) is 4.79 Å². The van der Waals surface area contributed by atoms with Crippen LogP contribution in [0.3, 0.4) is 0 Å². The first-order valence-corrected chi connectivity index (χ1v) is 7.65. The Morgan fingerprint density at radius 2 is 2.32 bits per heavy atom. The molecule has 2 aliphatic rings. The van der Waals surface area contributed by atoms with E-state index in [0.29, 0.717) is 36.0 Å². The smallest absolute Gasteiger partial charge is 0.255 e. The number of amides is 1. The zero-order valence-corrected chi connectivity index (χ0v) is 13.7. The van der Waals surface area contributed by atoms with E-state index in [1.54, 1.807) is 6.07 Å². The van der Waals surface area contributed by atoms with Crippen LogP contribution in [0.25, 0.3) is 0 Å². The van der Waals surface area contributed by atoms with Crippen LogP contribution in [0.5, 0.6) is 5.75 Å². The predicted octanol–water partition coefficient (Wildman–Crippen LogP) is 1.40. The van der Waals surface area contributed by atoms with E-state index in [1.807, 2.05) is 6.07 Å². The molecule has 7 heteroatoms. The molecule has 1 amide bonds.